The molecular formula is C15H20N2O2. The molecule has 2 aromatic rings. The van der Waals surface area contributed by atoms with Crippen LogP contribution < -0.4 is 0 Å². The number of hydrogen-bond acceptors (Lipinski definition) is 4. The molecule has 0 aliphatic carbocycles. The van der Waals surface area contributed by atoms with Crippen LogP contribution >= 0.6 is 0 Å². The van der Waals surface area contributed by atoms with Gasteiger partial charge in [-0.15, -0.1) is 10.2 Å². The number of aliphatic hydroxyl groups is 1. The van der Waals surface area contributed by atoms with Gasteiger partial charge in [0, 0.05) is 5.56 Å². The first kappa shape index (κ1) is 13.7. The topological polar surface area (TPSA) is 59.2 Å². The van der Waals surface area contributed by atoms with E-state index in [0.29, 0.717) is 18.2 Å². The van der Waals surface area contributed by atoms with Crippen LogP contribution in [-0.4, -0.2) is 21.4 Å². The largest absolute Gasteiger partial charge is 0.421 e. The van der Waals surface area contributed by atoms with Crippen molar-refractivity contribution in [3.05, 3.63) is 36.2 Å². The molecule has 0 bridgehead atoms. The van der Waals surface area contributed by atoms with E-state index in [0.717, 1.165) is 12.0 Å². The van der Waals surface area contributed by atoms with Crippen LogP contribution in [0.2, 0.25) is 0 Å². The van der Waals surface area contributed by atoms with E-state index in [-0.39, 0.29) is 5.41 Å². The molecule has 4 nitrogen and oxygen atoms in total. The number of nitrogens with zero attached hydrogens (tertiary/aromatic N) is 2. The summed E-state index contributed by atoms with van der Waals surface area (Å²) in [7, 11) is 0. The van der Waals surface area contributed by atoms with E-state index in [1.807, 2.05) is 44.2 Å². The maximum Gasteiger partial charge on any atom is 0.247 e. The van der Waals surface area contributed by atoms with Gasteiger partial charge in [-0.3, -0.25) is 0 Å². The maximum absolute atomic E-state index is 10.2. The number of aliphatic hydroxyl groups excluding tert-OH is 1. The van der Waals surface area contributed by atoms with E-state index in [2.05, 4.69) is 17.1 Å². The predicted octanol–water partition coefficient (Wildman–Crippen LogP) is 3.08. The third-order valence-electron chi connectivity index (χ3n) is 3.67. The molecule has 19 heavy (non-hydrogen) atoms. The Bertz CT molecular complexity index is 520. The summed E-state index contributed by atoms with van der Waals surface area (Å²) in [6.07, 6.45) is 0.802. The summed E-state index contributed by atoms with van der Waals surface area (Å²) in [4.78, 5) is 0. The summed E-state index contributed by atoms with van der Waals surface area (Å²) in [5.74, 6) is 0.977. The summed E-state index contributed by atoms with van der Waals surface area (Å²) >= 11 is 0. The quantitative estimate of drug-likeness (QED) is 0.897. The summed E-state index contributed by atoms with van der Waals surface area (Å²) in [5, 5.41) is 18.2. The highest BCUT2D eigenvalue weighted by Crippen LogP contribution is 2.27. The Balaban J connectivity index is 2.10. The first-order valence-electron chi connectivity index (χ1n) is 6.59. The molecule has 102 valence electrons. The molecule has 0 saturated heterocycles. The molecular weight excluding hydrogens is 240 g/mol. The second-order valence-electron chi connectivity index (χ2n) is 5.43. The normalized spacial score (nSPS) is 13.5. The molecule has 0 saturated carbocycles. The number of benzene rings is 1. The van der Waals surface area contributed by atoms with E-state index in [4.69, 9.17) is 4.42 Å². The Morgan fingerprint density at radius 1 is 1.21 bits per heavy atom. The molecule has 0 spiro atoms. The molecule has 0 aliphatic rings. The third-order valence-corrected chi connectivity index (χ3v) is 3.67. The van der Waals surface area contributed by atoms with Crippen molar-refractivity contribution in [1.29, 1.82) is 0 Å². The van der Waals surface area contributed by atoms with Gasteiger partial charge in [0.15, 0.2) is 0 Å². The smallest absolute Gasteiger partial charge is 0.247 e. The van der Waals surface area contributed by atoms with Crippen molar-refractivity contribution in [3.63, 3.8) is 0 Å². The van der Waals surface area contributed by atoms with Gasteiger partial charge in [0.2, 0.25) is 11.8 Å². The molecule has 0 unspecified atom stereocenters. The highest BCUT2D eigenvalue weighted by atomic mass is 16.4. The van der Waals surface area contributed by atoms with Crippen LogP contribution in [0.5, 0.6) is 0 Å². The minimum atomic E-state index is -0.485. The standard InChI is InChI=1S/C15H20N2O2/c1-4-15(2,3)12(18)10-13-16-17-14(19-13)11-8-6-5-7-9-11/h5-9,12,18H,4,10H2,1-3H3/t12-/m0/s1. The molecule has 2 rings (SSSR count). The summed E-state index contributed by atoms with van der Waals surface area (Å²) in [6.45, 7) is 6.13. The molecule has 4 heteroatoms. The minimum Gasteiger partial charge on any atom is -0.421 e. The lowest BCUT2D eigenvalue weighted by Crippen LogP contribution is -2.30. The summed E-state index contributed by atoms with van der Waals surface area (Å²) in [6, 6.07) is 9.63. The van der Waals surface area contributed by atoms with Gasteiger partial charge in [-0.25, -0.2) is 0 Å². The van der Waals surface area contributed by atoms with Crippen molar-refractivity contribution in [3.8, 4) is 11.5 Å². The van der Waals surface area contributed by atoms with Crippen molar-refractivity contribution in [2.24, 2.45) is 5.41 Å². The zero-order valence-corrected chi connectivity index (χ0v) is 11.6. The maximum atomic E-state index is 10.2. The van der Waals surface area contributed by atoms with Crippen molar-refractivity contribution >= 4 is 0 Å². The molecule has 0 aliphatic heterocycles. The molecule has 0 amide bonds. The fraction of sp³-hybridized carbons (Fsp3) is 0.467. The van der Waals surface area contributed by atoms with Gasteiger partial charge in [-0.1, -0.05) is 39.0 Å². The van der Waals surface area contributed by atoms with Crippen LogP contribution in [0.15, 0.2) is 34.7 Å². The second-order valence-corrected chi connectivity index (χ2v) is 5.43. The lowest BCUT2D eigenvalue weighted by atomic mass is 9.82. The van der Waals surface area contributed by atoms with Crippen LogP contribution in [0.4, 0.5) is 0 Å². The van der Waals surface area contributed by atoms with Crippen molar-refractivity contribution in [2.45, 2.75) is 39.7 Å². The Kier molecular flexibility index (Phi) is 4.00. The van der Waals surface area contributed by atoms with E-state index < -0.39 is 6.10 Å². The fourth-order valence-corrected chi connectivity index (χ4v) is 1.71. The zero-order chi connectivity index (χ0) is 13.9. The Morgan fingerprint density at radius 2 is 1.89 bits per heavy atom. The fourth-order valence-electron chi connectivity index (χ4n) is 1.71. The first-order chi connectivity index (χ1) is 9.03. The number of aromatic nitrogens is 2. The molecule has 1 aromatic carbocycles. The van der Waals surface area contributed by atoms with Crippen molar-refractivity contribution < 1.29 is 9.52 Å². The van der Waals surface area contributed by atoms with Gasteiger partial charge in [-0.05, 0) is 24.0 Å². The van der Waals surface area contributed by atoms with Crippen LogP contribution in [0.3, 0.4) is 0 Å². The lowest BCUT2D eigenvalue weighted by molar-refractivity contribution is 0.0429. The van der Waals surface area contributed by atoms with Gasteiger partial charge >= 0.3 is 0 Å². The summed E-state index contributed by atoms with van der Waals surface area (Å²) < 4.78 is 5.60. The highest BCUT2D eigenvalue weighted by Gasteiger charge is 2.27. The number of hydrogen-bond donors (Lipinski definition) is 1. The highest BCUT2D eigenvalue weighted by molar-refractivity contribution is 5.51. The van der Waals surface area contributed by atoms with E-state index >= 15 is 0 Å². The van der Waals surface area contributed by atoms with Crippen LogP contribution in [0.25, 0.3) is 11.5 Å². The summed E-state index contributed by atoms with van der Waals surface area (Å²) in [5.41, 5.74) is 0.743. The third kappa shape index (κ3) is 3.20. The first-order valence-corrected chi connectivity index (χ1v) is 6.59. The Morgan fingerprint density at radius 3 is 2.53 bits per heavy atom. The van der Waals surface area contributed by atoms with Crippen LogP contribution in [-0.2, 0) is 6.42 Å². The molecule has 1 heterocycles. The SMILES string of the molecule is CCC(C)(C)[C@@H](O)Cc1nnc(-c2ccccc2)o1. The van der Waals surface area contributed by atoms with Gasteiger partial charge in [-0.2, -0.15) is 0 Å². The number of rotatable bonds is 5. The van der Waals surface area contributed by atoms with Gasteiger partial charge in [0.05, 0.1) is 12.5 Å². The molecule has 0 radical (unpaired) electrons. The Hall–Kier alpha value is -1.68. The zero-order valence-electron chi connectivity index (χ0n) is 11.6. The van der Waals surface area contributed by atoms with E-state index in [9.17, 15) is 5.11 Å². The van der Waals surface area contributed by atoms with E-state index in [1.54, 1.807) is 0 Å². The second kappa shape index (κ2) is 5.53. The average molecular weight is 260 g/mol. The molecule has 0 fully saturated rings. The van der Waals surface area contributed by atoms with Crippen molar-refractivity contribution in [2.75, 3.05) is 0 Å². The Labute approximate surface area is 113 Å². The van der Waals surface area contributed by atoms with Gasteiger partial charge < -0.3 is 9.52 Å². The molecule has 1 atom stereocenters. The average Bonchev–Trinajstić information content (AvgIpc) is 2.88. The van der Waals surface area contributed by atoms with Crippen LogP contribution in [0, 0.1) is 5.41 Å². The lowest BCUT2D eigenvalue weighted by Gasteiger charge is -2.28. The predicted molar refractivity (Wildman–Crippen MR) is 73.5 cm³/mol. The molecule has 1 N–H and O–H groups in total. The minimum absolute atomic E-state index is 0.151. The van der Waals surface area contributed by atoms with Crippen molar-refractivity contribution in [1.82, 2.24) is 10.2 Å². The molecule has 1 aromatic heterocycles. The van der Waals surface area contributed by atoms with Gasteiger partial charge in [0.1, 0.15) is 0 Å². The van der Waals surface area contributed by atoms with Gasteiger partial charge in [0.25, 0.3) is 0 Å². The monoisotopic (exact) mass is 260 g/mol. The van der Waals surface area contributed by atoms with Crippen LogP contribution in [0.1, 0.15) is 33.1 Å². The van der Waals surface area contributed by atoms with E-state index in [1.165, 1.54) is 0 Å².